The van der Waals surface area contributed by atoms with E-state index < -0.39 is 0 Å². The molecule has 1 N–H and O–H groups in total. The molecule has 3 rings (SSSR count). The summed E-state index contributed by atoms with van der Waals surface area (Å²) in [5.41, 5.74) is 3.21. The predicted octanol–water partition coefficient (Wildman–Crippen LogP) is 3.39. The Morgan fingerprint density at radius 1 is 0.963 bits per heavy atom. The summed E-state index contributed by atoms with van der Waals surface area (Å²) in [7, 11) is 3.13. The number of carbonyl (C=O) groups excluding carboxylic acids is 1. The van der Waals surface area contributed by atoms with E-state index in [2.05, 4.69) is 10.5 Å². The van der Waals surface area contributed by atoms with E-state index in [0.29, 0.717) is 17.2 Å². The van der Waals surface area contributed by atoms with Crippen molar-refractivity contribution < 1.29 is 19.0 Å². The molecule has 3 aromatic carbocycles. The average molecular weight is 364 g/mol. The quantitative estimate of drug-likeness (QED) is 0.515. The van der Waals surface area contributed by atoms with Crippen LogP contribution in [0.15, 0.2) is 65.8 Å². The van der Waals surface area contributed by atoms with E-state index in [1.165, 1.54) is 6.21 Å². The van der Waals surface area contributed by atoms with E-state index in [9.17, 15) is 4.79 Å². The molecule has 0 atom stereocenters. The zero-order valence-electron chi connectivity index (χ0n) is 15.1. The molecule has 0 radical (unpaired) electrons. The minimum Gasteiger partial charge on any atom is -0.493 e. The van der Waals surface area contributed by atoms with Crippen LogP contribution in [-0.2, 0) is 4.79 Å². The van der Waals surface area contributed by atoms with Gasteiger partial charge in [0.1, 0.15) is 5.75 Å². The molecular weight excluding hydrogens is 344 g/mol. The van der Waals surface area contributed by atoms with Gasteiger partial charge >= 0.3 is 0 Å². The minimum atomic E-state index is -0.347. The van der Waals surface area contributed by atoms with Gasteiger partial charge in [-0.15, -0.1) is 0 Å². The molecule has 0 fully saturated rings. The van der Waals surface area contributed by atoms with Crippen molar-refractivity contribution in [2.75, 3.05) is 20.8 Å². The molecule has 0 heterocycles. The molecular formula is C21H20N2O4. The summed E-state index contributed by atoms with van der Waals surface area (Å²) >= 11 is 0. The fraction of sp³-hybridized carbons (Fsp3) is 0.143. The molecule has 3 aromatic rings. The van der Waals surface area contributed by atoms with E-state index in [-0.39, 0.29) is 12.5 Å². The van der Waals surface area contributed by atoms with Gasteiger partial charge in [0.25, 0.3) is 5.91 Å². The number of nitrogens with zero attached hydrogens (tertiary/aromatic N) is 1. The lowest BCUT2D eigenvalue weighted by atomic mass is 10.1. The number of nitrogens with one attached hydrogen (secondary N) is 1. The third kappa shape index (κ3) is 4.76. The van der Waals surface area contributed by atoms with Crippen LogP contribution in [0, 0.1) is 0 Å². The molecule has 138 valence electrons. The molecule has 0 aliphatic rings. The van der Waals surface area contributed by atoms with E-state index in [0.717, 1.165) is 16.3 Å². The first-order chi connectivity index (χ1) is 13.2. The number of hydrogen-bond donors (Lipinski definition) is 1. The highest BCUT2D eigenvalue weighted by atomic mass is 16.5. The van der Waals surface area contributed by atoms with Crippen molar-refractivity contribution in [1.82, 2.24) is 5.43 Å². The van der Waals surface area contributed by atoms with Crippen molar-refractivity contribution in [2.45, 2.75) is 0 Å². The number of fused-ring (bicyclic) bond motifs is 1. The first-order valence-corrected chi connectivity index (χ1v) is 8.35. The predicted molar refractivity (Wildman–Crippen MR) is 105 cm³/mol. The van der Waals surface area contributed by atoms with E-state index in [1.54, 1.807) is 26.4 Å². The molecule has 1 amide bonds. The van der Waals surface area contributed by atoms with Gasteiger partial charge in [0.2, 0.25) is 0 Å². The van der Waals surface area contributed by atoms with Crippen molar-refractivity contribution >= 4 is 22.9 Å². The standard InChI is InChI=1S/C21H20N2O4/c1-25-19-10-7-15(11-20(19)26-2)13-22-23-21(24)14-27-18-9-8-16-5-3-4-6-17(16)12-18/h3-13H,14H2,1-2H3,(H,23,24)/b22-13-. The third-order valence-electron chi connectivity index (χ3n) is 3.90. The molecule has 0 aromatic heterocycles. The maximum Gasteiger partial charge on any atom is 0.277 e. The Kier molecular flexibility index (Phi) is 5.89. The van der Waals surface area contributed by atoms with Crippen LogP contribution < -0.4 is 19.6 Å². The average Bonchev–Trinajstić information content (AvgIpc) is 2.72. The van der Waals surface area contributed by atoms with Gasteiger partial charge in [0.15, 0.2) is 18.1 Å². The first kappa shape index (κ1) is 18.3. The number of methoxy groups -OCH3 is 2. The van der Waals surface area contributed by atoms with Gasteiger partial charge in [-0.05, 0) is 46.7 Å². The van der Waals surface area contributed by atoms with Gasteiger partial charge < -0.3 is 14.2 Å². The first-order valence-electron chi connectivity index (χ1n) is 8.35. The lowest BCUT2D eigenvalue weighted by Crippen LogP contribution is -2.24. The summed E-state index contributed by atoms with van der Waals surface area (Å²) in [5, 5.41) is 6.11. The molecule has 6 heteroatoms. The maximum atomic E-state index is 11.9. The van der Waals surface area contributed by atoms with Crippen LogP contribution >= 0.6 is 0 Å². The van der Waals surface area contributed by atoms with E-state index in [4.69, 9.17) is 14.2 Å². The monoisotopic (exact) mass is 364 g/mol. The largest absolute Gasteiger partial charge is 0.493 e. The summed E-state index contributed by atoms with van der Waals surface area (Å²) in [6, 6.07) is 19.0. The maximum absolute atomic E-state index is 11.9. The molecule has 0 bridgehead atoms. The Morgan fingerprint density at radius 3 is 2.52 bits per heavy atom. The van der Waals surface area contributed by atoms with Crippen LogP contribution in [-0.4, -0.2) is 32.9 Å². The Balaban J connectivity index is 1.53. The van der Waals surface area contributed by atoms with Gasteiger partial charge in [-0.25, -0.2) is 5.43 Å². The Hall–Kier alpha value is -3.54. The Morgan fingerprint density at radius 2 is 1.74 bits per heavy atom. The zero-order valence-corrected chi connectivity index (χ0v) is 15.1. The SMILES string of the molecule is COc1ccc(/C=N\NC(=O)COc2ccc3ccccc3c2)cc1OC. The van der Waals surface area contributed by atoms with Crippen molar-refractivity contribution in [3.63, 3.8) is 0 Å². The molecule has 0 saturated heterocycles. The van der Waals surface area contributed by atoms with Crippen LogP contribution in [0.5, 0.6) is 17.2 Å². The molecule has 6 nitrogen and oxygen atoms in total. The number of benzene rings is 3. The van der Waals surface area contributed by atoms with Crippen molar-refractivity contribution in [2.24, 2.45) is 5.10 Å². The zero-order chi connectivity index (χ0) is 19.1. The normalized spacial score (nSPS) is 10.7. The molecule has 0 unspecified atom stereocenters. The van der Waals surface area contributed by atoms with Gasteiger partial charge in [-0.2, -0.15) is 5.10 Å². The number of rotatable bonds is 7. The number of ether oxygens (including phenoxy) is 3. The molecule has 0 aliphatic heterocycles. The van der Waals surface area contributed by atoms with E-state index in [1.807, 2.05) is 48.5 Å². The topological polar surface area (TPSA) is 69.2 Å². The summed E-state index contributed by atoms with van der Waals surface area (Å²) in [6.07, 6.45) is 1.52. The highest BCUT2D eigenvalue weighted by Crippen LogP contribution is 2.26. The Labute approximate surface area is 157 Å². The third-order valence-corrected chi connectivity index (χ3v) is 3.90. The van der Waals surface area contributed by atoms with Crippen LogP contribution in [0.1, 0.15) is 5.56 Å². The van der Waals surface area contributed by atoms with Crippen molar-refractivity contribution in [3.8, 4) is 17.2 Å². The van der Waals surface area contributed by atoms with Gasteiger partial charge in [0, 0.05) is 0 Å². The van der Waals surface area contributed by atoms with E-state index >= 15 is 0 Å². The van der Waals surface area contributed by atoms with Crippen LogP contribution in [0.3, 0.4) is 0 Å². The van der Waals surface area contributed by atoms with Gasteiger partial charge in [-0.1, -0.05) is 30.3 Å². The molecule has 0 aliphatic carbocycles. The smallest absolute Gasteiger partial charge is 0.277 e. The summed E-state index contributed by atoms with van der Waals surface area (Å²) in [6.45, 7) is -0.123. The van der Waals surface area contributed by atoms with Crippen LogP contribution in [0.25, 0.3) is 10.8 Å². The molecule has 0 saturated carbocycles. The second-order valence-corrected chi connectivity index (χ2v) is 5.71. The fourth-order valence-electron chi connectivity index (χ4n) is 2.55. The number of amides is 1. The van der Waals surface area contributed by atoms with Gasteiger partial charge in [0.05, 0.1) is 20.4 Å². The number of hydrogen-bond acceptors (Lipinski definition) is 5. The second kappa shape index (κ2) is 8.71. The number of hydrazone groups is 1. The Bertz CT molecular complexity index is 969. The fourth-order valence-corrected chi connectivity index (χ4v) is 2.55. The lowest BCUT2D eigenvalue weighted by molar-refractivity contribution is -0.123. The van der Waals surface area contributed by atoms with Gasteiger partial charge in [-0.3, -0.25) is 4.79 Å². The summed E-state index contributed by atoms with van der Waals surface area (Å²) in [5.74, 6) is 1.50. The lowest BCUT2D eigenvalue weighted by Gasteiger charge is -2.07. The minimum absolute atomic E-state index is 0.123. The second-order valence-electron chi connectivity index (χ2n) is 5.71. The van der Waals surface area contributed by atoms with Crippen LogP contribution in [0.2, 0.25) is 0 Å². The highest BCUT2D eigenvalue weighted by Gasteiger charge is 2.04. The molecule has 27 heavy (non-hydrogen) atoms. The number of carbonyl (C=O) groups is 1. The molecule has 0 spiro atoms. The van der Waals surface area contributed by atoms with Crippen molar-refractivity contribution in [1.29, 1.82) is 0 Å². The summed E-state index contributed by atoms with van der Waals surface area (Å²) < 4.78 is 15.9. The van der Waals surface area contributed by atoms with Crippen LogP contribution in [0.4, 0.5) is 0 Å². The van der Waals surface area contributed by atoms with Crippen molar-refractivity contribution in [3.05, 3.63) is 66.2 Å². The summed E-state index contributed by atoms with van der Waals surface area (Å²) in [4.78, 5) is 11.9. The highest BCUT2D eigenvalue weighted by molar-refractivity contribution is 5.85.